The minimum absolute atomic E-state index is 0.0219. The molecule has 9 nitrogen and oxygen atoms in total. The van der Waals surface area contributed by atoms with E-state index >= 15 is 0 Å². The van der Waals surface area contributed by atoms with Crippen LogP contribution in [0.3, 0.4) is 0 Å². The van der Waals surface area contributed by atoms with Gasteiger partial charge in [-0.1, -0.05) is 31.2 Å². The average Bonchev–Trinajstić information content (AvgIpc) is 3.10. The van der Waals surface area contributed by atoms with Crippen LogP contribution in [0.2, 0.25) is 0 Å². The number of hydrogen-bond acceptors (Lipinski definition) is 6. The van der Waals surface area contributed by atoms with Gasteiger partial charge in [-0.15, -0.1) is 5.10 Å². The van der Waals surface area contributed by atoms with Crippen LogP contribution in [0.5, 0.6) is 0 Å². The van der Waals surface area contributed by atoms with Crippen molar-refractivity contribution in [2.24, 2.45) is 0 Å². The van der Waals surface area contributed by atoms with Gasteiger partial charge in [0.25, 0.3) is 0 Å². The van der Waals surface area contributed by atoms with Crippen LogP contribution < -0.4 is 11.0 Å². The van der Waals surface area contributed by atoms with Gasteiger partial charge in [-0.3, -0.25) is 19.1 Å². The number of aromatic amines is 1. The standard InChI is InChI=1S/C20H27FN6O3S/c1-2-3-7-27-19(30)23-24-20(27)31-14-18(29)26-10-8-25(9-11-26)13-17(28)22-16-6-4-5-15(21)12-16/h4-6,12H,2-3,7-11,13-14H2,1H3,(H,22,28)(H,23,30). The van der Waals surface area contributed by atoms with Crippen molar-refractivity contribution in [2.45, 2.75) is 31.5 Å². The van der Waals surface area contributed by atoms with Gasteiger partial charge in [-0.25, -0.2) is 14.3 Å². The normalized spacial score (nSPS) is 14.6. The van der Waals surface area contributed by atoms with Crippen molar-refractivity contribution < 1.29 is 14.0 Å². The molecule has 0 aliphatic carbocycles. The summed E-state index contributed by atoms with van der Waals surface area (Å²) in [6.07, 6.45) is 1.83. The van der Waals surface area contributed by atoms with Crippen molar-refractivity contribution in [2.75, 3.05) is 43.8 Å². The summed E-state index contributed by atoms with van der Waals surface area (Å²) in [6.45, 7) is 5.02. The van der Waals surface area contributed by atoms with Crippen LogP contribution in [0.4, 0.5) is 10.1 Å². The zero-order valence-electron chi connectivity index (χ0n) is 17.5. The molecule has 1 aliphatic rings. The molecule has 0 atom stereocenters. The lowest BCUT2D eigenvalue weighted by Gasteiger charge is -2.34. The number of halogens is 1. The van der Waals surface area contributed by atoms with E-state index in [1.807, 2.05) is 11.8 Å². The fraction of sp³-hybridized carbons (Fsp3) is 0.500. The lowest BCUT2D eigenvalue weighted by atomic mass is 10.3. The summed E-state index contributed by atoms with van der Waals surface area (Å²) < 4.78 is 14.8. The number of amides is 2. The fourth-order valence-corrected chi connectivity index (χ4v) is 4.15. The molecule has 168 valence electrons. The first-order chi connectivity index (χ1) is 15.0. The van der Waals surface area contributed by atoms with E-state index in [1.54, 1.807) is 21.6 Å². The van der Waals surface area contributed by atoms with E-state index in [4.69, 9.17) is 0 Å². The van der Waals surface area contributed by atoms with Crippen LogP contribution in [-0.2, 0) is 16.1 Å². The van der Waals surface area contributed by atoms with Crippen molar-refractivity contribution in [3.8, 4) is 0 Å². The Morgan fingerprint density at radius 2 is 2.03 bits per heavy atom. The summed E-state index contributed by atoms with van der Waals surface area (Å²) >= 11 is 1.25. The molecule has 1 aromatic heterocycles. The molecule has 0 radical (unpaired) electrons. The Kier molecular flexibility index (Phi) is 8.24. The van der Waals surface area contributed by atoms with Crippen LogP contribution in [0, 0.1) is 5.82 Å². The second kappa shape index (κ2) is 11.1. The largest absolute Gasteiger partial charge is 0.343 e. The highest BCUT2D eigenvalue weighted by Crippen LogP contribution is 2.15. The van der Waals surface area contributed by atoms with Crippen molar-refractivity contribution in [1.82, 2.24) is 24.6 Å². The van der Waals surface area contributed by atoms with Crippen LogP contribution in [0.15, 0.2) is 34.2 Å². The number of nitrogens with one attached hydrogen (secondary N) is 2. The Morgan fingerprint density at radius 3 is 2.74 bits per heavy atom. The summed E-state index contributed by atoms with van der Waals surface area (Å²) in [5.74, 6) is -0.438. The lowest BCUT2D eigenvalue weighted by Crippen LogP contribution is -2.50. The number of carbonyl (C=O) groups excluding carboxylic acids is 2. The zero-order valence-corrected chi connectivity index (χ0v) is 18.3. The van der Waals surface area contributed by atoms with E-state index in [1.165, 1.54) is 23.9 Å². The predicted octanol–water partition coefficient (Wildman–Crippen LogP) is 1.39. The third-order valence-electron chi connectivity index (χ3n) is 4.98. The molecular formula is C20H27FN6O3S. The molecule has 3 rings (SSSR count). The Labute approximate surface area is 184 Å². The average molecular weight is 451 g/mol. The molecule has 1 fully saturated rings. The summed E-state index contributed by atoms with van der Waals surface area (Å²) in [5.41, 5.74) is 0.167. The maximum Gasteiger partial charge on any atom is 0.343 e. The summed E-state index contributed by atoms with van der Waals surface area (Å²) in [7, 11) is 0. The highest BCUT2D eigenvalue weighted by Gasteiger charge is 2.23. The molecule has 1 aromatic carbocycles. The molecule has 2 aromatic rings. The van der Waals surface area contributed by atoms with Crippen molar-refractivity contribution in [3.63, 3.8) is 0 Å². The molecule has 1 aliphatic heterocycles. The highest BCUT2D eigenvalue weighted by molar-refractivity contribution is 7.99. The van der Waals surface area contributed by atoms with E-state index in [0.29, 0.717) is 43.6 Å². The van der Waals surface area contributed by atoms with E-state index in [0.717, 1.165) is 12.8 Å². The number of unbranched alkanes of at least 4 members (excludes halogenated alkanes) is 1. The minimum Gasteiger partial charge on any atom is -0.339 e. The third kappa shape index (κ3) is 6.66. The van der Waals surface area contributed by atoms with Crippen molar-refractivity contribution in [3.05, 3.63) is 40.6 Å². The minimum atomic E-state index is -0.403. The number of aromatic nitrogens is 3. The maximum absolute atomic E-state index is 13.2. The first-order valence-corrected chi connectivity index (χ1v) is 11.3. The Hall–Kier alpha value is -2.66. The summed E-state index contributed by atoms with van der Waals surface area (Å²) in [6, 6.07) is 5.77. The monoisotopic (exact) mass is 450 g/mol. The summed E-state index contributed by atoms with van der Waals surface area (Å²) in [5, 5.41) is 9.66. The van der Waals surface area contributed by atoms with E-state index in [9.17, 15) is 18.8 Å². The number of carbonyl (C=O) groups is 2. The van der Waals surface area contributed by atoms with Crippen molar-refractivity contribution >= 4 is 29.3 Å². The number of benzene rings is 1. The van der Waals surface area contributed by atoms with Gasteiger partial charge in [0, 0.05) is 38.4 Å². The fourth-order valence-electron chi connectivity index (χ4n) is 3.27. The molecule has 2 heterocycles. The first-order valence-electron chi connectivity index (χ1n) is 10.3. The Morgan fingerprint density at radius 1 is 1.26 bits per heavy atom. The molecule has 2 amide bonds. The second-order valence-electron chi connectivity index (χ2n) is 7.32. The number of hydrogen-bond donors (Lipinski definition) is 2. The number of piperazine rings is 1. The van der Waals surface area contributed by atoms with Crippen LogP contribution in [0.25, 0.3) is 0 Å². The molecule has 0 unspecified atom stereocenters. The molecule has 1 saturated heterocycles. The van der Waals surface area contributed by atoms with Gasteiger partial charge in [-0.2, -0.15) is 0 Å². The molecular weight excluding hydrogens is 423 g/mol. The molecule has 11 heteroatoms. The smallest absolute Gasteiger partial charge is 0.339 e. The number of anilines is 1. The zero-order chi connectivity index (χ0) is 22.2. The third-order valence-corrected chi connectivity index (χ3v) is 5.95. The van der Waals surface area contributed by atoms with Gasteiger partial charge < -0.3 is 10.2 Å². The number of H-pyrrole nitrogens is 1. The first kappa shape index (κ1) is 23.0. The number of thioether (sulfide) groups is 1. The van der Waals surface area contributed by atoms with E-state index in [-0.39, 0.29) is 29.8 Å². The maximum atomic E-state index is 13.2. The van der Waals surface area contributed by atoms with Crippen LogP contribution in [-0.4, -0.2) is 74.9 Å². The lowest BCUT2D eigenvalue weighted by molar-refractivity contribution is -0.130. The molecule has 0 bridgehead atoms. The van der Waals surface area contributed by atoms with E-state index in [2.05, 4.69) is 15.5 Å². The predicted molar refractivity (Wildman–Crippen MR) is 117 cm³/mol. The molecule has 0 spiro atoms. The van der Waals surface area contributed by atoms with Gasteiger partial charge in [0.05, 0.1) is 12.3 Å². The van der Waals surface area contributed by atoms with Gasteiger partial charge in [0.2, 0.25) is 11.8 Å². The van der Waals surface area contributed by atoms with Gasteiger partial charge in [0.15, 0.2) is 5.16 Å². The molecule has 31 heavy (non-hydrogen) atoms. The van der Waals surface area contributed by atoms with Crippen LogP contribution >= 0.6 is 11.8 Å². The van der Waals surface area contributed by atoms with Gasteiger partial charge in [0.1, 0.15) is 5.82 Å². The van der Waals surface area contributed by atoms with Crippen LogP contribution in [0.1, 0.15) is 19.8 Å². The summed E-state index contributed by atoms with van der Waals surface area (Å²) in [4.78, 5) is 40.3. The second-order valence-corrected chi connectivity index (χ2v) is 8.26. The van der Waals surface area contributed by atoms with Gasteiger partial charge in [-0.05, 0) is 24.6 Å². The quantitative estimate of drug-likeness (QED) is 0.560. The Balaban J connectivity index is 1.41. The number of rotatable bonds is 9. The Bertz CT molecular complexity index is 954. The van der Waals surface area contributed by atoms with Gasteiger partial charge >= 0.3 is 5.69 Å². The van der Waals surface area contributed by atoms with E-state index < -0.39 is 5.82 Å². The SMILES string of the molecule is CCCCn1c(SCC(=O)N2CCN(CC(=O)Nc3cccc(F)c3)CC2)n[nH]c1=O. The van der Waals surface area contributed by atoms with Crippen molar-refractivity contribution in [1.29, 1.82) is 0 Å². The topological polar surface area (TPSA) is 103 Å². The highest BCUT2D eigenvalue weighted by atomic mass is 32.2. The molecule has 2 N–H and O–H groups in total. The molecule has 0 saturated carbocycles. The number of nitrogens with zero attached hydrogens (tertiary/aromatic N) is 4.